The number of para-hydroxylation sites is 2. The van der Waals surface area contributed by atoms with E-state index in [1.54, 1.807) is 0 Å². The number of carbonyl (C=O) groups is 1. The number of aliphatic carboxylic acids is 1. The van der Waals surface area contributed by atoms with Gasteiger partial charge in [0.2, 0.25) is 5.95 Å². The van der Waals surface area contributed by atoms with Crippen LogP contribution in [0.5, 0.6) is 0 Å². The molecule has 0 saturated carbocycles. The van der Waals surface area contributed by atoms with Crippen molar-refractivity contribution in [3.8, 4) is 0 Å². The van der Waals surface area contributed by atoms with Gasteiger partial charge in [0.15, 0.2) is 0 Å². The van der Waals surface area contributed by atoms with Gasteiger partial charge >= 0.3 is 35.5 Å². The van der Waals surface area contributed by atoms with Crippen molar-refractivity contribution >= 4 is 52.5 Å². The van der Waals surface area contributed by atoms with Gasteiger partial charge in [-0.3, -0.25) is 4.79 Å². The molecule has 5 rings (SSSR count). The zero-order chi connectivity index (χ0) is 27.0. The van der Waals surface area contributed by atoms with Crippen molar-refractivity contribution < 1.29 is 14.3 Å². The van der Waals surface area contributed by atoms with Crippen LogP contribution in [0.15, 0.2) is 72.8 Å². The third kappa shape index (κ3) is 8.16. The summed E-state index contributed by atoms with van der Waals surface area (Å²) in [5, 5.41) is 8.82. The van der Waals surface area contributed by atoms with E-state index in [2.05, 4.69) is 50.8 Å². The van der Waals surface area contributed by atoms with Crippen LogP contribution in [0.1, 0.15) is 42.4 Å². The van der Waals surface area contributed by atoms with Crippen LogP contribution >= 0.6 is 0 Å². The summed E-state index contributed by atoms with van der Waals surface area (Å²) in [5.41, 5.74) is 5.69. The van der Waals surface area contributed by atoms with Gasteiger partial charge < -0.3 is 19.5 Å². The molecule has 0 amide bonds. The molecule has 1 saturated heterocycles. The minimum absolute atomic E-state index is 0. The van der Waals surface area contributed by atoms with E-state index in [-0.39, 0.29) is 41.8 Å². The van der Waals surface area contributed by atoms with Gasteiger partial charge in [-0.05, 0) is 86.1 Å². The summed E-state index contributed by atoms with van der Waals surface area (Å²) in [6.07, 6.45) is 4.88. The number of nitrogens with zero attached hydrogens (tertiary/aromatic N) is 4. The van der Waals surface area contributed by atoms with E-state index in [1.165, 1.54) is 23.3 Å². The fourth-order valence-corrected chi connectivity index (χ4v) is 5.45. The number of halogens is 1. The van der Waals surface area contributed by atoms with Crippen LogP contribution < -0.4 is 4.90 Å². The number of carboxylic acids is 1. The monoisotopic (exact) mass is 552 g/mol. The van der Waals surface area contributed by atoms with E-state index in [9.17, 15) is 9.18 Å². The second-order valence-electron chi connectivity index (χ2n) is 10.5. The summed E-state index contributed by atoms with van der Waals surface area (Å²) < 4.78 is 15.8. The van der Waals surface area contributed by atoms with E-state index < -0.39 is 5.97 Å². The summed E-state index contributed by atoms with van der Waals surface area (Å²) >= 11 is 0. The number of rotatable bonds is 10. The van der Waals surface area contributed by atoms with Crippen molar-refractivity contribution in [2.45, 2.75) is 45.1 Å². The number of hydrogen-bond donors (Lipinski definition) is 1. The number of anilines is 1. The fourth-order valence-electron chi connectivity index (χ4n) is 5.45. The zero-order valence-electron chi connectivity index (χ0n) is 22.4. The van der Waals surface area contributed by atoms with E-state index in [0.717, 1.165) is 81.0 Å². The van der Waals surface area contributed by atoms with Gasteiger partial charge in [-0.25, -0.2) is 9.37 Å². The molecule has 2 heterocycles. The Morgan fingerprint density at radius 3 is 2.12 bits per heavy atom. The molecule has 0 spiro atoms. The number of aromatic nitrogens is 2. The number of benzene rings is 3. The van der Waals surface area contributed by atoms with Crippen LogP contribution in [0.3, 0.4) is 0 Å². The van der Waals surface area contributed by atoms with Crippen LogP contribution in [-0.4, -0.2) is 87.8 Å². The first kappa shape index (κ1) is 30.3. The Balaban J connectivity index is 0.00000370. The Morgan fingerprint density at radius 2 is 1.45 bits per heavy atom. The zero-order valence-corrected chi connectivity index (χ0v) is 22.4. The first-order chi connectivity index (χ1) is 19.0. The summed E-state index contributed by atoms with van der Waals surface area (Å²) in [6, 6.07) is 23.7. The van der Waals surface area contributed by atoms with Gasteiger partial charge in [0.1, 0.15) is 5.82 Å². The Kier molecular flexibility index (Phi) is 11.2. The van der Waals surface area contributed by atoms with Crippen molar-refractivity contribution in [3.63, 3.8) is 0 Å². The van der Waals surface area contributed by atoms with Crippen molar-refractivity contribution in [3.05, 3.63) is 95.3 Å². The predicted molar refractivity (Wildman–Crippen MR) is 161 cm³/mol. The summed E-state index contributed by atoms with van der Waals surface area (Å²) in [6.45, 7) is 5.73. The molecule has 3 aromatic carbocycles. The number of carboxylic acid groups (broad SMARTS) is 1. The Morgan fingerprint density at radius 1 is 0.825 bits per heavy atom. The van der Waals surface area contributed by atoms with Gasteiger partial charge in [-0.15, -0.1) is 0 Å². The number of fused-ring (bicyclic) bond motifs is 1. The van der Waals surface area contributed by atoms with Gasteiger partial charge in [0.25, 0.3) is 0 Å². The maximum atomic E-state index is 13.5. The summed E-state index contributed by atoms with van der Waals surface area (Å²) in [7, 11) is 0. The molecule has 0 bridgehead atoms. The van der Waals surface area contributed by atoms with Crippen molar-refractivity contribution in [1.29, 1.82) is 0 Å². The third-order valence-corrected chi connectivity index (χ3v) is 7.57. The van der Waals surface area contributed by atoms with Gasteiger partial charge in [0.05, 0.1) is 17.6 Å². The van der Waals surface area contributed by atoms with Crippen molar-refractivity contribution in [1.82, 2.24) is 14.5 Å². The molecule has 206 valence electrons. The maximum absolute atomic E-state index is 13.5. The first-order valence-electron chi connectivity index (χ1n) is 14.0. The minimum atomic E-state index is -0.730. The van der Waals surface area contributed by atoms with Crippen LogP contribution in [0.4, 0.5) is 10.3 Å². The molecule has 0 aliphatic carbocycles. The van der Waals surface area contributed by atoms with Crippen LogP contribution in [0.25, 0.3) is 11.0 Å². The molecule has 1 aliphatic heterocycles. The molecule has 1 aromatic heterocycles. The quantitative estimate of drug-likeness (QED) is 0.277. The molecular weight excluding hydrogens is 514 g/mol. The average Bonchev–Trinajstić information content (AvgIpc) is 3.28. The van der Waals surface area contributed by atoms with E-state index in [0.29, 0.717) is 13.0 Å². The molecule has 1 aliphatic rings. The van der Waals surface area contributed by atoms with Gasteiger partial charge in [-0.1, -0.05) is 48.5 Å². The number of imidazole rings is 1. The summed E-state index contributed by atoms with van der Waals surface area (Å²) in [5.74, 6) is 0.0526. The molecule has 0 unspecified atom stereocenters. The predicted octanol–water partition coefficient (Wildman–Crippen LogP) is 5.13. The SMILES string of the molecule is O=C(O)CCCc1ccc(CCN2CCCN(c3nc4ccccc4n3Cc3ccc(F)cc3)CCC2)cc1.[NaH]. The van der Waals surface area contributed by atoms with Crippen LogP contribution in [-0.2, 0) is 24.2 Å². The second-order valence-corrected chi connectivity index (χ2v) is 10.5. The first-order valence-corrected chi connectivity index (χ1v) is 14.0. The Hall–Kier alpha value is -2.71. The fraction of sp³-hybridized carbons (Fsp3) is 0.375. The molecule has 0 radical (unpaired) electrons. The number of hydrogen-bond acceptors (Lipinski definition) is 4. The Labute approximate surface area is 258 Å². The summed E-state index contributed by atoms with van der Waals surface area (Å²) in [4.78, 5) is 20.7. The molecule has 8 heteroatoms. The van der Waals surface area contributed by atoms with Crippen LogP contribution in [0, 0.1) is 5.82 Å². The molecule has 0 atom stereocenters. The van der Waals surface area contributed by atoms with E-state index in [4.69, 9.17) is 10.1 Å². The standard InChI is InChI=1S/C32H37FN4O2.Na.H/c33-28-16-14-27(15-17-28)24-37-30-8-2-1-7-29(30)34-32(37)36-21-4-19-35(20-5-22-36)23-18-26-12-10-25(11-13-26)6-3-9-31(38)39;;/h1-2,7-8,10-17H,3-6,9,18-24H2,(H,38,39);;. The van der Waals surface area contributed by atoms with Crippen molar-refractivity contribution in [2.75, 3.05) is 37.6 Å². The molecule has 1 N–H and O–H groups in total. The molecular formula is C32H38FN4NaO2. The topological polar surface area (TPSA) is 61.6 Å². The normalized spacial score (nSPS) is 14.5. The molecule has 40 heavy (non-hydrogen) atoms. The van der Waals surface area contributed by atoms with Gasteiger partial charge in [0, 0.05) is 26.1 Å². The number of aryl methyl sites for hydroxylation is 1. The van der Waals surface area contributed by atoms with Crippen LogP contribution in [0.2, 0.25) is 0 Å². The second kappa shape index (κ2) is 14.8. The molecule has 4 aromatic rings. The van der Waals surface area contributed by atoms with E-state index >= 15 is 0 Å². The van der Waals surface area contributed by atoms with Crippen molar-refractivity contribution in [2.24, 2.45) is 0 Å². The average molecular weight is 553 g/mol. The molecule has 6 nitrogen and oxygen atoms in total. The molecule has 1 fully saturated rings. The van der Waals surface area contributed by atoms with E-state index in [1.807, 2.05) is 24.3 Å². The Bertz CT molecular complexity index is 1360. The van der Waals surface area contributed by atoms with Gasteiger partial charge in [-0.2, -0.15) is 0 Å². The third-order valence-electron chi connectivity index (χ3n) is 7.57.